The Bertz CT molecular complexity index is 650. The first-order chi connectivity index (χ1) is 10.8. The Morgan fingerprint density at radius 2 is 1.70 bits per heavy atom. The van der Waals surface area contributed by atoms with E-state index >= 15 is 0 Å². The largest absolute Gasteiger partial charge is 0.460 e. The van der Waals surface area contributed by atoms with E-state index in [1.165, 1.54) is 5.56 Å². The molecule has 0 aromatic heterocycles. The predicted molar refractivity (Wildman–Crippen MR) is 106 cm³/mol. The second kappa shape index (κ2) is 7.81. The van der Waals surface area contributed by atoms with Gasteiger partial charge in [0.1, 0.15) is 5.75 Å². The van der Waals surface area contributed by atoms with Crippen LogP contribution in [0.4, 0.5) is 0 Å². The van der Waals surface area contributed by atoms with Crippen LogP contribution in [0.15, 0.2) is 48.5 Å². The zero-order valence-corrected chi connectivity index (χ0v) is 17.5. The van der Waals surface area contributed by atoms with E-state index in [4.69, 9.17) is 9.16 Å². The van der Waals surface area contributed by atoms with Crippen LogP contribution in [0.25, 0.3) is 0 Å². The molecule has 23 heavy (non-hydrogen) atoms. The van der Waals surface area contributed by atoms with Crippen LogP contribution in [0.1, 0.15) is 38.2 Å². The van der Waals surface area contributed by atoms with Crippen molar-refractivity contribution in [1.82, 2.24) is 0 Å². The van der Waals surface area contributed by atoms with Crippen LogP contribution in [-0.2, 0) is 9.84 Å². The van der Waals surface area contributed by atoms with Gasteiger partial charge in [0, 0.05) is 5.56 Å². The average Bonchev–Trinajstić information content (AvgIpc) is 2.47. The Morgan fingerprint density at radius 3 is 2.30 bits per heavy atom. The third-order valence-corrected chi connectivity index (χ3v) is 5.01. The fourth-order valence-electron chi connectivity index (χ4n) is 2.18. The van der Waals surface area contributed by atoms with Crippen molar-refractivity contribution >= 4 is 31.6 Å². The monoisotopic (exact) mass is 439 g/mol. The van der Waals surface area contributed by atoms with E-state index in [0.29, 0.717) is 0 Å². The Labute approximate surface area is 155 Å². The third-order valence-electron chi connectivity index (χ3n) is 3.44. The fourth-order valence-corrected chi connectivity index (χ4v) is 3.31. The van der Waals surface area contributed by atoms with E-state index in [-0.39, 0.29) is 11.7 Å². The van der Waals surface area contributed by atoms with E-state index in [0.717, 1.165) is 14.9 Å². The number of hydrogen-bond acceptors (Lipinski definition) is 2. The predicted octanol–water partition coefficient (Wildman–Crippen LogP) is 5.93. The lowest BCUT2D eigenvalue weighted by atomic mass is 9.86. The molecule has 4 heteroatoms. The van der Waals surface area contributed by atoms with Crippen LogP contribution in [0.5, 0.6) is 5.75 Å². The second-order valence-corrected chi connectivity index (χ2v) is 10.00. The minimum Gasteiger partial charge on any atom is -0.460 e. The van der Waals surface area contributed by atoms with E-state index in [1.807, 2.05) is 24.3 Å². The fraction of sp³-hybridized carbons (Fsp3) is 0.368. The molecule has 0 aliphatic rings. The molecule has 0 spiro atoms. The van der Waals surface area contributed by atoms with Gasteiger partial charge in [-0.15, -0.1) is 0 Å². The van der Waals surface area contributed by atoms with Gasteiger partial charge in [0.25, 0.3) is 0 Å². The SMILES string of the molecule is C[Si](C)OC(Oc1ccccc1I)c1cccc(C(C)(C)C)c1. The van der Waals surface area contributed by atoms with Crippen LogP contribution >= 0.6 is 22.6 Å². The first-order valence-corrected chi connectivity index (χ1v) is 11.2. The molecule has 0 saturated carbocycles. The summed E-state index contributed by atoms with van der Waals surface area (Å²) in [6.45, 7) is 10.9. The zero-order valence-electron chi connectivity index (χ0n) is 14.4. The minimum atomic E-state index is -0.887. The molecule has 1 radical (unpaired) electrons. The summed E-state index contributed by atoms with van der Waals surface area (Å²) < 4.78 is 13.4. The van der Waals surface area contributed by atoms with Crippen LogP contribution in [0, 0.1) is 3.57 Å². The molecule has 1 atom stereocenters. The smallest absolute Gasteiger partial charge is 0.217 e. The normalized spacial score (nSPS) is 13.2. The topological polar surface area (TPSA) is 18.5 Å². The van der Waals surface area contributed by atoms with Crippen molar-refractivity contribution in [2.75, 3.05) is 0 Å². The standard InChI is InChI=1S/C19H24IO2Si/c1-19(2,3)15-10-8-9-14(13-15)18(22-23(4)5)21-17-12-7-6-11-16(17)20/h6-13,18H,1-5H3. The summed E-state index contributed by atoms with van der Waals surface area (Å²) in [6.07, 6.45) is -0.364. The molecule has 0 aliphatic carbocycles. The van der Waals surface area contributed by atoms with Crippen molar-refractivity contribution in [3.63, 3.8) is 0 Å². The lowest BCUT2D eigenvalue weighted by molar-refractivity contribution is 0.00158. The molecule has 2 nitrogen and oxygen atoms in total. The molecule has 2 rings (SSSR count). The highest BCUT2D eigenvalue weighted by Gasteiger charge is 2.20. The van der Waals surface area contributed by atoms with E-state index in [1.54, 1.807) is 0 Å². The molecule has 0 amide bonds. The van der Waals surface area contributed by atoms with Crippen molar-refractivity contribution in [1.29, 1.82) is 0 Å². The van der Waals surface area contributed by atoms with Crippen LogP contribution < -0.4 is 4.74 Å². The lowest BCUT2D eigenvalue weighted by Gasteiger charge is -2.25. The van der Waals surface area contributed by atoms with Gasteiger partial charge in [0.15, 0.2) is 0 Å². The molecule has 2 aromatic carbocycles. The highest BCUT2D eigenvalue weighted by Crippen LogP contribution is 2.30. The number of benzene rings is 2. The van der Waals surface area contributed by atoms with Gasteiger partial charge >= 0.3 is 0 Å². The van der Waals surface area contributed by atoms with Crippen molar-refractivity contribution in [3.8, 4) is 5.75 Å². The Morgan fingerprint density at radius 1 is 1.00 bits per heavy atom. The maximum atomic E-state index is 6.21. The summed E-state index contributed by atoms with van der Waals surface area (Å²) in [5.74, 6) is 0.863. The molecule has 123 valence electrons. The van der Waals surface area contributed by atoms with Gasteiger partial charge in [-0.25, -0.2) is 0 Å². The van der Waals surface area contributed by atoms with Gasteiger partial charge in [-0.05, 0) is 64.9 Å². The summed E-state index contributed by atoms with van der Waals surface area (Å²) in [7, 11) is -0.887. The minimum absolute atomic E-state index is 0.105. The third kappa shape index (κ3) is 5.33. The van der Waals surface area contributed by atoms with Crippen LogP contribution in [0.3, 0.4) is 0 Å². The molecule has 0 saturated heterocycles. The summed E-state index contributed by atoms with van der Waals surface area (Å²) in [6, 6.07) is 16.6. The average molecular weight is 439 g/mol. The maximum absolute atomic E-state index is 6.21. The van der Waals surface area contributed by atoms with Gasteiger partial charge in [0.2, 0.25) is 15.3 Å². The van der Waals surface area contributed by atoms with Gasteiger partial charge in [-0.2, -0.15) is 0 Å². The molecule has 1 unspecified atom stereocenters. The Hall–Kier alpha value is -0.853. The molecule has 0 aliphatic heterocycles. The summed E-state index contributed by atoms with van der Waals surface area (Å²) in [4.78, 5) is 0. The number of halogens is 1. The van der Waals surface area contributed by atoms with Gasteiger partial charge in [0.05, 0.1) is 3.57 Å². The van der Waals surface area contributed by atoms with Gasteiger partial charge in [-0.3, -0.25) is 0 Å². The molecule has 0 heterocycles. The zero-order chi connectivity index (χ0) is 17.0. The van der Waals surface area contributed by atoms with E-state index < -0.39 is 9.04 Å². The quantitative estimate of drug-likeness (QED) is 0.327. The molecular formula is C19H24IO2Si. The summed E-state index contributed by atoms with van der Waals surface area (Å²) in [5, 5.41) is 0. The van der Waals surface area contributed by atoms with Crippen molar-refractivity contribution in [2.45, 2.75) is 45.6 Å². The Balaban J connectivity index is 2.34. The number of ether oxygens (including phenoxy) is 1. The van der Waals surface area contributed by atoms with Crippen molar-refractivity contribution in [2.24, 2.45) is 0 Å². The number of para-hydroxylation sites is 1. The molecule has 2 aromatic rings. The lowest BCUT2D eigenvalue weighted by Crippen LogP contribution is -2.20. The molecule has 0 N–H and O–H groups in total. The van der Waals surface area contributed by atoms with Gasteiger partial charge < -0.3 is 9.16 Å². The molecular weight excluding hydrogens is 415 g/mol. The van der Waals surface area contributed by atoms with Crippen LogP contribution in [-0.4, -0.2) is 9.04 Å². The first kappa shape index (κ1) is 18.5. The van der Waals surface area contributed by atoms with E-state index in [2.05, 4.69) is 80.7 Å². The molecule has 0 bridgehead atoms. The molecule has 0 fully saturated rings. The highest BCUT2D eigenvalue weighted by atomic mass is 127. The van der Waals surface area contributed by atoms with Crippen molar-refractivity contribution < 1.29 is 9.16 Å². The first-order valence-electron chi connectivity index (χ1n) is 7.76. The van der Waals surface area contributed by atoms with Crippen LogP contribution in [0.2, 0.25) is 13.1 Å². The van der Waals surface area contributed by atoms with E-state index in [9.17, 15) is 0 Å². The summed E-state index contributed by atoms with van der Waals surface area (Å²) in [5.41, 5.74) is 2.47. The van der Waals surface area contributed by atoms with Crippen molar-refractivity contribution in [3.05, 3.63) is 63.2 Å². The Kier molecular flexibility index (Phi) is 6.28. The maximum Gasteiger partial charge on any atom is 0.217 e. The second-order valence-electron chi connectivity index (χ2n) is 6.78. The van der Waals surface area contributed by atoms with Gasteiger partial charge in [-0.1, -0.05) is 51.1 Å². The number of hydrogen-bond donors (Lipinski definition) is 0. The summed E-state index contributed by atoms with van der Waals surface area (Å²) >= 11 is 2.29. The number of rotatable bonds is 5. The highest BCUT2D eigenvalue weighted by molar-refractivity contribution is 14.1.